The van der Waals surface area contributed by atoms with Gasteiger partial charge in [-0.2, -0.15) is 5.06 Å². The van der Waals surface area contributed by atoms with Crippen LogP contribution in [0.25, 0.3) is 0 Å². The lowest BCUT2D eigenvalue weighted by Crippen LogP contribution is -2.44. The van der Waals surface area contributed by atoms with Crippen molar-refractivity contribution in [3.05, 3.63) is 0 Å². The number of esters is 1. The fraction of sp³-hybridized carbons (Fsp3) is 0.800. The quantitative estimate of drug-likeness (QED) is 0.529. The van der Waals surface area contributed by atoms with Crippen molar-refractivity contribution in [2.45, 2.75) is 39.0 Å². The van der Waals surface area contributed by atoms with Gasteiger partial charge in [0.15, 0.2) is 0 Å². The Bertz CT molecular complexity index is 449. The van der Waals surface area contributed by atoms with Crippen molar-refractivity contribution in [2.75, 3.05) is 33.4 Å². The minimum atomic E-state index is -0.579. The van der Waals surface area contributed by atoms with Crippen LogP contribution in [0.1, 0.15) is 39.0 Å². The number of amides is 2. The largest absolute Gasteiger partial charge is 0.466 e. The van der Waals surface area contributed by atoms with Gasteiger partial charge < -0.3 is 9.64 Å². The van der Waals surface area contributed by atoms with Crippen LogP contribution in [0.4, 0.5) is 0 Å². The third kappa shape index (κ3) is 4.43. The van der Waals surface area contributed by atoms with Gasteiger partial charge in [0.2, 0.25) is 0 Å². The van der Waals surface area contributed by atoms with Gasteiger partial charge >= 0.3 is 5.97 Å². The van der Waals surface area contributed by atoms with Crippen LogP contribution >= 0.6 is 12.4 Å². The molecule has 0 aromatic carbocycles. The lowest BCUT2D eigenvalue weighted by molar-refractivity contribution is -0.183. The number of carbonyl (C=O) groups is 3. The van der Waals surface area contributed by atoms with E-state index in [1.807, 2.05) is 0 Å². The van der Waals surface area contributed by atoms with E-state index in [0.29, 0.717) is 25.9 Å². The number of piperidine rings is 1. The van der Waals surface area contributed by atoms with Crippen LogP contribution in [0.5, 0.6) is 0 Å². The second-order valence-electron chi connectivity index (χ2n) is 5.88. The summed E-state index contributed by atoms with van der Waals surface area (Å²) in [6, 6.07) is 0. The summed E-state index contributed by atoms with van der Waals surface area (Å²) in [5, 5.41) is 0.899. The summed E-state index contributed by atoms with van der Waals surface area (Å²) in [4.78, 5) is 42.5. The van der Waals surface area contributed by atoms with Crippen molar-refractivity contribution in [3.63, 3.8) is 0 Å². The van der Waals surface area contributed by atoms with Crippen LogP contribution < -0.4 is 0 Å². The van der Waals surface area contributed by atoms with E-state index in [9.17, 15) is 14.4 Å². The number of ether oxygens (including phenoxy) is 1. The number of halogens is 1. The molecule has 0 N–H and O–H groups in total. The van der Waals surface area contributed by atoms with E-state index in [1.165, 1.54) is 7.11 Å². The minimum Gasteiger partial charge on any atom is -0.466 e. The first-order valence-electron chi connectivity index (χ1n) is 7.82. The van der Waals surface area contributed by atoms with Crippen molar-refractivity contribution in [2.24, 2.45) is 5.41 Å². The molecule has 7 nitrogen and oxygen atoms in total. The Hall–Kier alpha value is -1.18. The third-order valence-corrected chi connectivity index (χ3v) is 4.51. The summed E-state index contributed by atoms with van der Waals surface area (Å²) in [6.07, 6.45) is 2.75. The molecule has 0 aromatic rings. The molecule has 2 aliphatic rings. The summed E-state index contributed by atoms with van der Waals surface area (Å²) in [5.74, 6) is -0.613. The summed E-state index contributed by atoms with van der Waals surface area (Å²) >= 11 is 0. The fourth-order valence-corrected chi connectivity index (χ4v) is 3.23. The maximum Gasteiger partial charge on any atom is 0.305 e. The average Bonchev–Trinajstić information content (AvgIpc) is 2.72. The lowest BCUT2D eigenvalue weighted by atomic mass is 9.77. The molecule has 2 heterocycles. The van der Waals surface area contributed by atoms with Crippen LogP contribution in [0, 0.1) is 5.41 Å². The number of carbonyl (C=O) groups excluding carboxylic acids is 3. The first-order valence-corrected chi connectivity index (χ1v) is 7.82. The zero-order valence-corrected chi connectivity index (χ0v) is 14.5. The van der Waals surface area contributed by atoms with Crippen molar-refractivity contribution in [3.8, 4) is 0 Å². The van der Waals surface area contributed by atoms with Crippen molar-refractivity contribution in [1.29, 1.82) is 0 Å². The van der Waals surface area contributed by atoms with E-state index < -0.39 is 5.41 Å². The predicted octanol–water partition coefficient (Wildman–Crippen LogP) is 1.15. The number of hydrogen-bond donors (Lipinski definition) is 0. The Kier molecular flexibility index (Phi) is 7.44. The first kappa shape index (κ1) is 19.9. The second-order valence-corrected chi connectivity index (χ2v) is 5.88. The smallest absolute Gasteiger partial charge is 0.305 e. The molecule has 2 saturated heterocycles. The molecule has 0 aliphatic carbocycles. The van der Waals surface area contributed by atoms with Gasteiger partial charge in [-0.25, -0.2) is 0 Å². The second kappa shape index (κ2) is 8.61. The number of imide groups is 1. The van der Waals surface area contributed by atoms with E-state index in [1.54, 1.807) is 6.92 Å². The van der Waals surface area contributed by atoms with Gasteiger partial charge in [-0.05, 0) is 45.8 Å². The van der Waals surface area contributed by atoms with Crippen molar-refractivity contribution in [1.82, 2.24) is 9.96 Å². The van der Waals surface area contributed by atoms with E-state index in [0.717, 1.165) is 31.1 Å². The van der Waals surface area contributed by atoms with Crippen LogP contribution in [-0.2, 0) is 24.0 Å². The van der Waals surface area contributed by atoms with Crippen molar-refractivity contribution < 1.29 is 24.0 Å². The predicted molar refractivity (Wildman–Crippen MR) is 84.7 cm³/mol. The molecule has 2 aliphatic heterocycles. The summed E-state index contributed by atoms with van der Waals surface area (Å²) in [5.41, 5.74) is -0.579. The summed E-state index contributed by atoms with van der Waals surface area (Å²) in [6.45, 7) is 4.55. The first-order chi connectivity index (χ1) is 10.5. The molecule has 2 amide bonds. The summed E-state index contributed by atoms with van der Waals surface area (Å²) in [7, 11) is 1.35. The molecule has 0 radical (unpaired) electrons. The van der Waals surface area contributed by atoms with Gasteiger partial charge in [-0.1, -0.05) is 0 Å². The maximum atomic E-state index is 12.3. The van der Waals surface area contributed by atoms with Gasteiger partial charge in [0.25, 0.3) is 11.8 Å². The molecule has 1 spiro atoms. The number of likely N-dealkylation sites (tertiary alicyclic amines) is 1. The number of hydroxylamine groups is 2. The van der Waals surface area contributed by atoms with Gasteiger partial charge in [0.1, 0.15) is 0 Å². The Morgan fingerprint density at radius 2 is 1.91 bits per heavy atom. The molecule has 0 saturated carbocycles. The molecular weight excluding hydrogens is 324 g/mol. The van der Waals surface area contributed by atoms with Crippen molar-refractivity contribution >= 4 is 30.2 Å². The van der Waals surface area contributed by atoms with Gasteiger partial charge in [0, 0.05) is 12.8 Å². The molecule has 0 atom stereocenters. The van der Waals surface area contributed by atoms with Gasteiger partial charge in [0.05, 0.1) is 19.1 Å². The van der Waals surface area contributed by atoms with Gasteiger partial charge in [-0.15, -0.1) is 12.4 Å². The topological polar surface area (TPSA) is 76.2 Å². The highest BCUT2D eigenvalue weighted by Gasteiger charge is 2.53. The Balaban J connectivity index is 0.00000264. The molecular formula is C15H25ClN2O5. The minimum absolute atomic E-state index is 0. The van der Waals surface area contributed by atoms with E-state index >= 15 is 0 Å². The van der Waals surface area contributed by atoms with E-state index in [-0.39, 0.29) is 36.6 Å². The molecule has 0 bridgehead atoms. The maximum absolute atomic E-state index is 12.3. The van der Waals surface area contributed by atoms with Crippen LogP contribution in [0.2, 0.25) is 0 Å². The fourth-order valence-electron chi connectivity index (χ4n) is 3.23. The third-order valence-electron chi connectivity index (χ3n) is 4.51. The van der Waals surface area contributed by atoms with Crippen LogP contribution in [0.3, 0.4) is 0 Å². The SMILES string of the molecule is CCOC(=O)CCCN1CCC2(CC1)CC(=O)N(OC)C2=O.Cl. The number of nitrogens with zero attached hydrogens (tertiary/aromatic N) is 2. The Morgan fingerprint density at radius 1 is 1.26 bits per heavy atom. The zero-order valence-electron chi connectivity index (χ0n) is 13.7. The van der Waals surface area contributed by atoms with Crippen LogP contribution in [-0.4, -0.2) is 61.1 Å². The molecule has 23 heavy (non-hydrogen) atoms. The Labute approximate surface area is 142 Å². The van der Waals surface area contributed by atoms with E-state index in [4.69, 9.17) is 9.57 Å². The summed E-state index contributed by atoms with van der Waals surface area (Å²) < 4.78 is 4.90. The standard InChI is InChI=1S/C15H24N2O5.ClH/c1-3-22-13(19)5-4-8-16-9-6-15(7-10-16)11-12(18)17(21-2)14(15)20;/h3-11H2,1-2H3;1H. The average molecular weight is 349 g/mol. The molecule has 0 aromatic heterocycles. The monoisotopic (exact) mass is 348 g/mol. The molecule has 132 valence electrons. The van der Waals surface area contributed by atoms with Gasteiger partial charge in [-0.3, -0.25) is 19.2 Å². The normalized spacial score (nSPS) is 20.7. The zero-order chi connectivity index (χ0) is 16.2. The molecule has 2 fully saturated rings. The molecule has 8 heteroatoms. The highest BCUT2D eigenvalue weighted by molar-refractivity contribution is 6.04. The number of hydrogen-bond acceptors (Lipinski definition) is 6. The molecule has 0 unspecified atom stereocenters. The highest BCUT2D eigenvalue weighted by atomic mass is 35.5. The lowest BCUT2D eigenvalue weighted by Gasteiger charge is -2.37. The van der Waals surface area contributed by atoms with E-state index in [2.05, 4.69) is 4.90 Å². The molecule has 2 rings (SSSR count). The number of rotatable bonds is 6. The highest BCUT2D eigenvalue weighted by Crippen LogP contribution is 2.42. The van der Waals surface area contributed by atoms with Crippen LogP contribution in [0.15, 0.2) is 0 Å². The Morgan fingerprint density at radius 3 is 2.43 bits per heavy atom.